The van der Waals surface area contributed by atoms with Crippen LogP contribution in [0.4, 0.5) is 18.9 Å². The van der Waals surface area contributed by atoms with Crippen molar-refractivity contribution in [2.45, 2.75) is 13.3 Å². The molecule has 134 valence electrons. The minimum absolute atomic E-state index is 0.219. The molecule has 1 rings (SSSR count). The number of ether oxygens (including phenoxy) is 1. The van der Waals surface area contributed by atoms with Crippen LogP contribution in [0, 0.1) is 17.5 Å². The molecule has 24 heavy (non-hydrogen) atoms. The van der Waals surface area contributed by atoms with E-state index in [1.807, 2.05) is 6.92 Å². The Bertz CT molecular complexity index is 582. The lowest BCUT2D eigenvalue weighted by Crippen LogP contribution is -2.42. The Labute approximate surface area is 138 Å². The lowest BCUT2D eigenvalue weighted by molar-refractivity contribution is -0.115. The standard InChI is InChI=1S/C15H21F3N4O2/c1-3-24-8-4-7-20-15(19-2)21-9-12(23)22-11-6-5-10(16)13(17)14(11)18/h5-6H,3-4,7-9H2,1-2H3,(H,22,23)(H2,19,20,21). The van der Waals surface area contributed by atoms with Gasteiger partial charge in [-0.2, -0.15) is 0 Å². The third-order valence-electron chi connectivity index (χ3n) is 2.91. The highest BCUT2D eigenvalue weighted by Crippen LogP contribution is 2.19. The average Bonchev–Trinajstić information content (AvgIpc) is 2.58. The Morgan fingerprint density at radius 1 is 1.21 bits per heavy atom. The predicted molar refractivity (Wildman–Crippen MR) is 85.4 cm³/mol. The molecule has 0 atom stereocenters. The molecule has 0 aliphatic rings. The highest BCUT2D eigenvalue weighted by atomic mass is 19.2. The molecule has 0 spiro atoms. The van der Waals surface area contributed by atoms with Crippen molar-refractivity contribution in [3.05, 3.63) is 29.6 Å². The average molecular weight is 346 g/mol. The van der Waals surface area contributed by atoms with E-state index in [0.29, 0.717) is 25.7 Å². The summed E-state index contributed by atoms with van der Waals surface area (Å²) in [5.41, 5.74) is -0.430. The van der Waals surface area contributed by atoms with E-state index in [1.165, 1.54) is 7.05 Å². The molecule has 1 aromatic carbocycles. The molecule has 9 heteroatoms. The van der Waals surface area contributed by atoms with Crippen LogP contribution in [-0.4, -0.2) is 45.2 Å². The summed E-state index contributed by atoms with van der Waals surface area (Å²) in [6.45, 7) is 3.54. The topological polar surface area (TPSA) is 74.8 Å². The number of halogens is 3. The van der Waals surface area contributed by atoms with E-state index < -0.39 is 29.0 Å². The number of hydrogen-bond donors (Lipinski definition) is 3. The third kappa shape index (κ3) is 6.45. The van der Waals surface area contributed by atoms with E-state index >= 15 is 0 Å². The van der Waals surface area contributed by atoms with E-state index in [-0.39, 0.29) is 6.54 Å². The highest BCUT2D eigenvalue weighted by molar-refractivity contribution is 5.95. The van der Waals surface area contributed by atoms with Crippen molar-refractivity contribution in [2.75, 3.05) is 38.7 Å². The van der Waals surface area contributed by atoms with Crippen LogP contribution in [0.2, 0.25) is 0 Å². The number of benzene rings is 1. The summed E-state index contributed by atoms with van der Waals surface area (Å²) < 4.78 is 44.5. The maximum Gasteiger partial charge on any atom is 0.243 e. The number of rotatable bonds is 8. The second-order valence-corrected chi connectivity index (χ2v) is 4.67. The zero-order valence-corrected chi connectivity index (χ0v) is 13.6. The first kappa shape index (κ1) is 19.8. The maximum atomic E-state index is 13.5. The smallest absolute Gasteiger partial charge is 0.243 e. The summed E-state index contributed by atoms with van der Waals surface area (Å²) in [5, 5.41) is 7.85. The summed E-state index contributed by atoms with van der Waals surface area (Å²) in [6, 6.07) is 1.69. The fourth-order valence-electron chi connectivity index (χ4n) is 1.73. The van der Waals surface area contributed by atoms with Crippen LogP contribution in [0.15, 0.2) is 17.1 Å². The Morgan fingerprint density at radius 3 is 2.62 bits per heavy atom. The van der Waals surface area contributed by atoms with E-state index in [4.69, 9.17) is 4.74 Å². The lowest BCUT2D eigenvalue weighted by Gasteiger charge is -2.12. The van der Waals surface area contributed by atoms with E-state index in [2.05, 4.69) is 20.9 Å². The van der Waals surface area contributed by atoms with Gasteiger partial charge in [-0.15, -0.1) is 0 Å². The third-order valence-corrected chi connectivity index (χ3v) is 2.91. The van der Waals surface area contributed by atoms with Crippen molar-refractivity contribution in [1.29, 1.82) is 0 Å². The van der Waals surface area contributed by atoms with Gasteiger partial charge in [0.2, 0.25) is 5.91 Å². The number of nitrogens with zero attached hydrogens (tertiary/aromatic N) is 1. The van der Waals surface area contributed by atoms with Crippen LogP contribution in [0.5, 0.6) is 0 Å². The molecule has 1 amide bonds. The Kier molecular flexibility index (Phi) is 8.63. The Morgan fingerprint density at radius 2 is 1.96 bits per heavy atom. The fourth-order valence-corrected chi connectivity index (χ4v) is 1.73. The van der Waals surface area contributed by atoms with E-state index in [9.17, 15) is 18.0 Å². The number of hydrogen-bond acceptors (Lipinski definition) is 3. The van der Waals surface area contributed by atoms with Crippen LogP contribution in [0.1, 0.15) is 13.3 Å². The number of anilines is 1. The summed E-state index contributed by atoms with van der Waals surface area (Å²) >= 11 is 0. The monoisotopic (exact) mass is 346 g/mol. The largest absolute Gasteiger partial charge is 0.382 e. The van der Waals surface area contributed by atoms with Crippen molar-refractivity contribution in [3.63, 3.8) is 0 Å². The van der Waals surface area contributed by atoms with Crippen molar-refractivity contribution < 1.29 is 22.7 Å². The van der Waals surface area contributed by atoms with Gasteiger partial charge in [0.25, 0.3) is 0 Å². The first-order chi connectivity index (χ1) is 11.5. The molecular weight excluding hydrogens is 325 g/mol. The maximum absolute atomic E-state index is 13.5. The number of guanidine groups is 1. The second-order valence-electron chi connectivity index (χ2n) is 4.67. The SMILES string of the molecule is CCOCCCNC(=NC)NCC(=O)Nc1ccc(F)c(F)c1F. The molecule has 3 N–H and O–H groups in total. The molecule has 0 aromatic heterocycles. The molecular formula is C15H21F3N4O2. The van der Waals surface area contributed by atoms with Crippen molar-refractivity contribution in [3.8, 4) is 0 Å². The summed E-state index contributed by atoms with van der Waals surface area (Å²) in [4.78, 5) is 15.7. The second kappa shape index (κ2) is 10.5. The minimum atomic E-state index is -1.63. The molecule has 0 saturated carbocycles. The van der Waals surface area contributed by atoms with Gasteiger partial charge in [-0.3, -0.25) is 9.79 Å². The lowest BCUT2D eigenvalue weighted by atomic mass is 10.2. The van der Waals surface area contributed by atoms with Gasteiger partial charge in [0.1, 0.15) is 0 Å². The molecule has 1 aromatic rings. The predicted octanol–water partition coefficient (Wildman–Crippen LogP) is 1.63. The molecule has 0 heterocycles. The van der Waals surface area contributed by atoms with Crippen LogP contribution in [0.3, 0.4) is 0 Å². The molecule has 0 bridgehead atoms. The van der Waals surface area contributed by atoms with Crippen LogP contribution in [0.25, 0.3) is 0 Å². The Hall–Kier alpha value is -2.29. The molecule has 0 fully saturated rings. The minimum Gasteiger partial charge on any atom is -0.382 e. The zero-order chi connectivity index (χ0) is 17.9. The number of carbonyl (C=O) groups is 1. The van der Waals surface area contributed by atoms with Gasteiger partial charge in [-0.1, -0.05) is 0 Å². The summed E-state index contributed by atoms with van der Waals surface area (Å²) in [5.74, 6) is -4.64. The number of amides is 1. The van der Waals surface area contributed by atoms with Crippen LogP contribution < -0.4 is 16.0 Å². The van der Waals surface area contributed by atoms with Crippen LogP contribution >= 0.6 is 0 Å². The fraction of sp³-hybridized carbons (Fsp3) is 0.467. The van der Waals surface area contributed by atoms with Crippen molar-refractivity contribution >= 4 is 17.6 Å². The normalized spacial score (nSPS) is 11.3. The molecule has 0 aliphatic carbocycles. The summed E-state index contributed by atoms with van der Waals surface area (Å²) in [6.07, 6.45) is 0.765. The summed E-state index contributed by atoms with van der Waals surface area (Å²) in [7, 11) is 1.53. The van der Waals surface area contributed by atoms with Gasteiger partial charge in [0.05, 0.1) is 12.2 Å². The van der Waals surface area contributed by atoms with Gasteiger partial charge in [-0.05, 0) is 25.5 Å². The first-order valence-electron chi connectivity index (χ1n) is 7.45. The van der Waals surface area contributed by atoms with E-state index in [1.54, 1.807) is 0 Å². The molecule has 0 radical (unpaired) electrons. The number of carbonyl (C=O) groups excluding carboxylic acids is 1. The van der Waals surface area contributed by atoms with Gasteiger partial charge >= 0.3 is 0 Å². The van der Waals surface area contributed by atoms with Crippen molar-refractivity contribution in [2.24, 2.45) is 4.99 Å². The van der Waals surface area contributed by atoms with Crippen LogP contribution in [-0.2, 0) is 9.53 Å². The van der Waals surface area contributed by atoms with Gasteiger partial charge in [-0.25, -0.2) is 13.2 Å². The van der Waals surface area contributed by atoms with Crippen molar-refractivity contribution in [1.82, 2.24) is 10.6 Å². The molecule has 0 aliphatic heterocycles. The molecule has 0 saturated heterocycles. The number of aliphatic imine (C=N–C) groups is 1. The van der Waals surface area contributed by atoms with Gasteiger partial charge < -0.3 is 20.7 Å². The molecule has 0 unspecified atom stereocenters. The van der Waals surface area contributed by atoms with Gasteiger partial charge in [0.15, 0.2) is 23.4 Å². The molecule has 6 nitrogen and oxygen atoms in total. The quantitative estimate of drug-likeness (QED) is 0.290. The first-order valence-corrected chi connectivity index (χ1v) is 7.45. The zero-order valence-electron chi connectivity index (χ0n) is 13.6. The number of nitrogens with one attached hydrogen (secondary N) is 3. The van der Waals surface area contributed by atoms with E-state index in [0.717, 1.165) is 18.6 Å². The highest BCUT2D eigenvalue weighted by Gasteiger charge is 2.15. The Balaban J connectivity index is 2.41. The van der Waals surface area contributed by atoms with Gasteiger partial charge in [0, 0.05) is 26.8 Å².